The lowest BCUT2D eigenvalue weighted by atomic mass is 10.2. The van der Waals surface area contributed by atoms with Crippen molar-refractivity contribution in [3.63, 3.8) is 0 Å². The van der Waals surface area contributed by atoms with Gasteiger partial charge in [0.25, 0.3) is 0 Å². The van der Waals surface area contributed by atoms with E-state index >= 15 is 0 Å². The first-order chi connectivity index (χ1) is 7.71. The number of alkyl halides is 3. The summed E-state index contributed by atoms with van der Waals surface area (Å²) in [6.45, 7) is 1.44. The van der Waals surface area contributed by atoms with Crippen LogP contribution in [0.25, 0.3) is 0 Å². The molecule has 4 nitrogen and oxygen atoms in total. The first-order valence-electron chi connectivity index (χ1n) is 4.50. The van der Waals surface area contributed by atoms with Gasteiger partial charge in [0.1, 0.15) is 11.9 Å². The molecule has 0 saturated heterocycles. The fourth-order valence-electron chi connectivity index (χ4n) is 0.975. The molecule has 0 fully saturated rings. The molecule has 0 aliphatic carbocycles. The summed E-state index contributed by atoms with van der Waals surface area (Å²) in [6.07, 6.45) is -3.88. The van der Waals surface area contributed by atoms with E-state index in [1.807, 2.05) is 0 Å². The Balaban J connectivity index is 2.95. The Morgan fingerprint density at radius 2 is 2.18 bits per heavy atom. The second-order valence-corrected chi connectivity index (χ2v) is 3.73. The Morgan fingerprint density at radius 3 is 2.59 bits per heavy atom. The van der Waals surface area contributed by atoms with Gasteiger partial charge in [-0.25, -0.2) is 4.98 Å². The zero-order valence-electron chi connectivity index (χ0n) is 8.68. The summed E-state index contributed by atoms with van der Waals surface area (Å²) in [5, 5.41) is 2.27. The highest BCUT2D eigenvalue weighted by molar-refractivity contribution is 6.33. The maximum absolute atomic E-state index is 12.3. The van der Waals surface area contributed by atoms with Crippen molar-refractivity contribution in [1.29, 1.82) is 0 Å². The van der Waals surface area contributed by atoms with Crippen LogP contribution in [0.2, 0.25) is 5.02 Å². The molecule has 17 heavy (non-hydrogen) atoms. The molecule has 1 heterocycles. The third-order valence-electron chi connectivity index (χ3n) is 1.95. The lowest BCUT2D eigenvalue weighted by Gasteiger charge is -2.13. The first kappa shape index (κ1) is 13.6. The molecule has 1 aromatic rings. The number of nitrogens with zero attached hydrogens (tertiary/aromatic N) is 1. The van der Waals surface area contributed by atoms with Crippen molar-refractivity contribution in [2.24, 2.45) is 5.73 Å². The molecule has 0 aliphatic rings. The number of halogens is 4. The Kier molecular flexibility index (Phi) is 3.82. The van der Waals surface area contributed by atoms with E-state index in [2.05, 4.69) is 10.3 Å². The van der Waals surface area contributed by atoms with Gasteiger partial charge in [0.15, 0.2) is 0 Å². The number of pyridine rings is 1. The quantitative estimate of drug-likeness (QED) is 0.881. The fraction of sp³-hybridized carbons (Fsp3) is 0.333. The number of hydrogen-bond acceptors (Lipinski definition) is 3. The summed E-state index contributed by atoms with van der Waals surface area (Å²) in [7, 11) is 0. The average Bonchev–Trinajstić information content (AvgIpc) is 2.19. The summed E-state index contributed by atoms with van der Waals surface area (Å²) < 4.78 is 36.9. The van der Waals surface area contributed by atoms with E-state index in [0.29, 0.717) is 6.20 Å². The third-order valence-corrected chi connectivity index (χ3v) is 2.24. The number of rotatable bonds is 3. The second kappa shape index (κ2) is 4.79. The molecule has 1 atom stereocenters. The monoisotopic (exact) mass is 267 g/mol. The van der Waals surface area contributed by atoms with Gasteiger partial charge in [0, 0.05) is 6.20 Å². The number of aromatic nitrogens is 1. The molecule has 94 valence electrons. The van der Waals surface area contributed by atoms with Crippen molar-refractivity contribution in [3.8, 4) is 0 Å². The lowest BCUT2D eigenvalue weighted by molar-refractivity contribution is -0.137. The van der Waals surface area contributed by atoms with Gasteiger partial charge >= 0.3 is 6.18 Å². The van der Waals surface area contributed by atoms with Crippen LogP contribution in [0.15, 0.2) is 12.3 Å². The maximum Gasteiger partial charge on any atom is 0.417 e. The van der Waals surface area contributed by atoms with E-state index in [1.54, 1.807) is 0 Å². The molecule has 1 unspecified atom stereocenters. The van der Waals surface area contributed by atoms with Crippen LogP contribution in [0.1, 0.15) is 12.5 Å². The van der Waals surface area contributed by atoms with Crippen LogP contribution in [0.4, 0.5) is 19.0 Å². The van der Waals surface area contributed by atoms with Crippen molar-refractivity contribution in [3.05, 3.63) is 22.8 Å². The van der Waals surface area contributed by atoms with E-state index in [0.717, 1.165) is 6.07 Å². The van der Waals surface area contributed by atoms with Gasteiger partial charge in [0.2, 0.25) is 5.91 Å². The molecular weight excluding hydrogens is 259 g/mol. The topological polar surface area (TPSA) is 68.0 Å². The van der Waals surface area contributed by atoms with Crippen molar-refractivity contribution in [2.75, 3.05) is 5.32 Å². The smallest absolute Gasteiger partial charge is 0.368 e. The minimum Gasteiger partial charge on any atom is -0.368 e. The van der Waals surface area contributed by atoms with Gasteiger partial charge < -0.3 is 11.1 Å². The number of primary amides is 1. The lowest BCUT2D eigenvalue weighted by Crippen LogP contribution is -2.32. The molecule has 3 N–H and O–H groups in total. The fourth-order valence-corrected chi connectivity index (χ4v) is 1.20. The average molecular weight is 268 g/mol. The van der Waals surface area contributed by atoms with E-state index < -0.39 is 23.7 Å². The molecule has 1 aromatic heterocycles. The SMILES string of the molecule is CC(Nc1ncc(C(F)(F)F)cc1Cl)C(N)=O. The van der Waals surface area contributed by atoms with Gasteiger partial charge in [-0.3, -0.25) is 4.79 Å². The third kappa shape index (κ3) is 3.48. The van der Waals surface area contributed by atoms with Gasteiger partial charge in [0.05, 0.1) is 10.6 Å². The number of anilines is 1. The normalized spacial score (nSPS) is 13.2. The highest BCUT2D eigenvalue weighted by Crippen LogP contribution is 2.32. The molecule has 0 radical (unpaired) electrons. The molecule has 0 bridgehead atoms. The molecule has 8 heteroatoms. The molecule has 0 spiro atoms. The molecule has 1 rings (SSSR count). The van der Waals surface area contributed by atoms with Crippen molar-refractivity contribution >= 4 is 23.3 Å². The number of amides is 1. The Labute approximate surface area is 100.0 Å². The van der Waals surface area contributed by atoms with Crippen LogP contribution in [0.3, 0.4) is 0 Å². The zero-order chi connectivity index (χ0) is 13.2. The number of hydrogen-bond donors (Lipinski definition) is 2. The Bertz CT molecular complexity index is 436. The van der Waals surface area contributed by atoms with Crippen LogP contribution in [-0.2, 0) is 11.0 Å². The zero-order valence-corrected chi connectivity index (χ0v) is 9.43. The highest BCUT2D eigenvalue weighted by atomic mass is 35.5. The summed E-state index contributed by atoms with van der Waals surface area (Å²) in [6, 6.07) is -0.0540. The maximum atomic E-state index is 12.3. The van der Waals surface area contributed by atoms with Crippen molar-refractivity contribution < 1.29 is 18.0 Å². The summed E-state index contributed by atoms with van der Waals surface area (Å²) in [5.74, 6) is -0.686. The van der Waals surface area contributed by atoms with Crippen LogP contribution < -0.4 is 11.1 Å². The number of carbonyl (C=O) groups excluding carboxylic acids is 1. The van der Waals surface area contributed by atoms with Gasteiger partial charge in [-0.2, -0.15) is 13.2 Å². The van der Waals surface area contributed by atoms with Crippen LogP contribution in [0, 0.1) is 0 Å². The molecule has 0 aliphatic heterocycles. The molecular formula is C9H9ClF3N3O. The van der Waals surface area contributed by atoms with Crippen LogP contribution in [-0.4, -0.2) is 16.9 Å². The molecule has 1 amide bonds. The van der Waals surface area contributed by atoms with Gasteiger partial charge in [-0.05, 0) is 13.0 Å². The van der Waals surface area contributed by atoms with E-state index in [9.17, 15) is 18.0 Å². The van der Waals surface area contributed by atoms with Crippen LogP contribution in [0.5, 0.6) is 0 Å². The summed E-state index contributed by atoms with van der Waals surface area (Å²) >= 11 is 5.61. The number of nitrogens with one attached hydrogen (secondary N) is 1. The van der Waals surface area contributed by atoms with Crippen LogP contribution >= 0.6 is 11.6 Å². The molecule has 0 aromatic carbocycles. The molecule has 0 saturated carbocycles. The minimum absolute atomic E-state index is 0.0223. The number of nitrogens with two attached hydrogens (primary N) is 1. The van der Waals surface area contributed by atoms with Gasteiger partial charge in [-0.1, -0.05) is 11.6 Å². The standard InChI is InChI=1S/C9H9ClF3N3O/c1-4(7(14)17)16-8-6(10)2-5(3-15-8)9(11,12)13/h2-4H,1H3,(H2,14,17)(H,15,16). The van der Waals surface area contributed by atoms with E-state index in [-0.39, 0.29) is 10.8 Å². The predicted octanol–water partition coefficient (Wildman–Crippen LogP) is 2.04. The van der Waals surface area contributed by atoms with Crippen molar-refractivity contribution in [1.82, 2.24) is 4.98 Å². The van der Waals surface area contributed by atoms with E-state index in [4.69, 9.17) is 17.3 Å². The number of carbonyl (C=O) groups is 1. The van der Waals surface area contributed by atoms with E-state index in [1.165, 1.54) is 6.92 Å². The second-order valence-electron chi connectivity index (χ2n) is 3.32. The highest BCUT2D eigenvalue weighted by Gasteiger charge is 2.31. The summed E-state index contributed by atoms with van der Waals surface area (Å²) in [4.78, 5) is 14.2. The predicted molar refractivity (Wildman–Crippen MR) is 56.5 cm³/mol. The van der Waals surface area contributed by atoms with Crippen molar-refractivity contribution in [2.45, 2.75) is 19.1 Å². The first-order valence-corrected chi connectivity index (χ1v) is 4.88. The largest absolute Gasteiger partial charge is 0.417 e. The Hall–Kier alpha value is -1.50. The minimum atomic E-state index is -4.51. The van der Waals surface area contributed by atoms with Gasteiger partial charge in [-0.15, -0.1) is 0 Å². The Morgan fingerprint density at radius 1 is 1.59 bits per heavy atom. The summed E-state index contributed by atoms with van der Waals surface area (Å²) in [5.41, 5.74) is 4.02.